The van der Waals surface area contributed by atoms with Gasteiger partial charge in [0.25, 0.3) is 5.91 Å². The molecule has 0 fully saturated rings. The standard InChI is InChI=1S/C23H22F3N3O4S/c1-15(23(24,25)26)33-21-9-8-18(34(2,31)32)12-19(21)22(30)28-11-10-20-16(14-28)13-27-29(20)17-6-4-3-5-7-17/h3-9,12-13,15H,10-11,14H2,1-2H3. The molecule has 3 aromatic rings. The minimum atomic E-state index is -4.65. The summed E-state index contributed by atoms with van der Waals surface area (Å²) in [5.74, 6) is -0.944. The Kier molecular flexibility index (Phi) is 6.15. The Morgan fingerprint density at radius 2 is 1.85 bits per heavy atom. The van der Waals surface area contributed by atoms with Gasteiger partial charge in [0.05, 0.1) is 28.0 Å². The van der Waals surface area contributed by atoms with Crippen LogP contribution in [0.5, 0.6) is 5.75 Å². The summed E-state index contributed by atoms with van der Waals surface area (Å²) in [6.07, 6.45) is -3.75. The van der Waals surface area contributed by atoms with Crippen molar-refractivity contribution in [1.29, 1.82) is 0 Å². The number of fused-ring (bicyclic) bond motifs is 1. The van der Waals surface area contributed by atoms with Crippen molar-refractivity contribution >= 4 is 15.7 Å². The molecule has 0 saturated carbocycles. The lowest BCUT2D eigenvalue weighted by molar-refractivity contribution is -0.189. The highest BCUT2D eigenvalue weighted by Crippen LogP contribution is 2.31. The van der Waals surface area contributed by atoms with Gasteiger partial charge in [-0.1, -0.05) is 18.2 Å². The number of halogens is 3. The van der Waals surface area contributed by atoms with E-state index in [0.29, 0.717) is 6.42 Å². The third-order valence-corrected chi connectivity index (χ3v) is 6.71. The maximum Gasteiger partial charge on any atom is 0.425 e. The van der Waals surface area contributed by atoms with E-state index in [1.54, 1.807) is 10.9 Å². The zero-order chi connectivity index (χ0) is 24.7. The maximum absolute atomic E-state index is 13.4. The largest absolute Gasteiger partial charge is 0.480 e. The van der Waals surface area contributed by atoms with E-state index < -0.39 is 28.0 Å². The average molecular weight is 494 g/mol. The SMILES string of the molecule is CC(Oc1ccc(S(C)(=O)=O)cc1C(=O)N1CCc2c(cnn2-c2ccccc2)C1)C(F)(F)F. The Balaban J connectivity index is 1.65. The molecule has 180 valence electrons. The van der Waals surface area contributed by atoms with Gasteiger partial charge in [-0.3, -0.25) is 4.79 Å². The Hall–Kier alpha value is -3.34. The summed E-state index contributed by atoms with van der Waals surface area (Å²) in [7, 11) is -3.70. The number of alkyl halides is 3. The number of amides is 1. The summed E-state index contributed by atoms with van der Waals surface area (Å²) in [6.45, 7) is 1.28. The molecule has 7 nitrogen and oxygen atoms in total. The second-order valence-corrected chi connectivity index (χ2v) is 10.1. The van der Waals surface area contributed by atoms with Gasteiger partial charge >= 0.3 is 6.18 Å². The van der Waals surface area contributed by atoms with Crippen molar-refractivity contribution in [3.63, 3.8) is 0 Å². The number of hydrogen-bond donors (Lipinski definition) is 0. The van der Waals surface area contributed by atoms with Crippen LogP contribution in [0.1, 0.15) is 28.5 Å². The molecule has 1 atom stereocenters. The molecular weight excluding hydrogens is 471 g/mol. The number of ether oxygens (including phenoxy) is 1. The summed E-state index contributed by atoms with van der Waals surface area (Å²) in [4.78, 5) is 14.6. The lowest BCUT2D eigenvalue weighted by Crippen LogP contribution is -2.37. The Morgan fingerprint density at radius 1 is 1.15 bits per heavy atom. The molecule has 0 bridgehead atoms. The molecule has 1 aliphatic rings. The average Bonchev–Trinajstić information content (AvgIpc) is 3.21. The Labute approximate surface area is 194 Å². The van der Waals surface area contributed by atoms with Gasteiger partial charge in [-0.25, -0.2) is 13.1 Å². The molecule has 0 saturated heterocycles. The van der Waals surface area contributed by atoms with Gasteiger partial charge in [-0.15, -0.1) is 0 Å². The zero-order valence-corrected chi connectivity index (χ0v) is 19.2. The van der Waals surface area contributed by atoms with Crippen LogP contribution in [0.3, 0.4) is 0 Å². The molecule has 34 heavy (non-hydrogen) atoms. The lowest BCUT2D eigenvalue weighted by Gasteiger charge is -2.29. The van der Waals surface area contributed by atoms with Crippen molar-refractivity contribution in [2.75, 3.05) is 12.8 Å². The summed E-state index contributed by atoms with van der Waals surface area (Å²) in [5, 5.41) is 4.41. The van der Waals surface area contributed by atoms with E-state index >= 15 is 0 Å². The van der Waals surface area contributed by atoms with E-state index in [1.165, 1.54) is 4.90 Å². The Morgan fingerprint density at radius 3 is 2.50 bits per heavy atom. The van der Waals surface area contributed by atoms with Crippen molar-refractivity contribution in [2.45, 2.75) is 37.1 Å². The van der Waals surface area contributed by atoms with E-state index in [2.05, 4.69) is 5.10 Å². The zero-order valence-electron chi connectivity index (χ0n) is 18.4. The smallest absolute Gasteiger partial charge is 0.425 e. The van der Waals surface area contributed by atoms with Crippen LogP contribution in [0.15, 0.2) is 59.6 Å². The van der Waals surface area contributed by atoms with Gasteiger partial charge in [0.15, 0.2) is 15.9 Å². The first-order valence-electron chi connectivity index (χ1n) is 10.4. The summed E-state index contributed by atoms with van der Waals surface area (Å²) in [6, 6.07) is 12.8. The number of rotatable bonds is 5. The van der Waals surface area contributed by atoms with Gasteiger partial charge in [-0.05, 0) is 37.3 Å². The summed E-state index contributed by atoms with van der Waals surface area (Å²) in [5.41, 5.74) is 2.37. The molecule has 4 rings (SSSR count). The van der Waals surface area contributed by atoms with Gasteiger partial charge in [0.1, 0.15) is 5.75 Å². The van der Waals surface area contributed by atoms with Crippen LogP contribution in [0.4, 0.5) is 13.2 Å². The van der Waals surface area contributed by atoms with Crippen LogP contribution in [0.2, 0.25) is 0 Å². The number of carbonyl (C=O) groups is 1. The fraction of sp³-hybridized carbons (Fsp3) is 0.304. The normalized spacial score (nSPS) is 15.0. The minimum Gasteiger partial charge on any atom is -0.480 e. The van der Waals surface area contributed by atoms with Crippen molar-refractivity contribution in [1.82, 2.24) is 14.7 Å². The minimum absolute atomic E-state index is 0.179. The molecular formula is C23H22F3N3O4S. The first kappa shape index (κ1) is 23.8. The quantitative estimate of drug-likeness (QED) is 0.540. The second-order valence-electron chi connectivity index (χ2n) is 8.07. The summed E-state index contributed by atoms with van der Waals surface area (Å²) < 4.78 is 70.1. The van der Waals surface area contributed by atoms with E-state index in [1.807, 2.05) is 30.3 Å². The van der Waals surface area contributed by atoms with Crippen molar-refractivity contribution in [2.24, 2.45) is 0 Å². The van der Waals surface area contributed by atoms with Crippen LogP contribution in [-0.2, 0) is 22.8 Å². The molecule has 2 heterocycles. The molecule has 1 aliphatic heterocycles. The van der Waals surface area contributed by atoms with Crippen LogP contribution in [0, 0.1) is 0 Å². The third kappa shape index (κ3) is 4.79. The molecule has 11 heteroatoms. The van der Waals surface area contributed by atoms with Gasteiger partial charge in [-0.2, -0.15) is 18.3 Å². The second kappa shape index (κ2) is 8.79. The molecule has 2 aromatic carbocycles. The van der Waals surface area contributed by atoms with E-state index in [9.17, 15) is 26.4 Å². The maximum atomic E-state index is 13.4. The molecule has 0 spiro atoms. The highest BCUT2D eigenvalue weighted by atomic mass is 32.2. The number of para-hydroxylation sites is 1. The fourth-order valence-corrected chi connectivity index (χ4v) is 4.38. The van der Waals surface area contributed by atoms with E-state index in [-0.39, 0.29) is 29.3 Å². The monoisotopic (exact) mass is 493 g/mol. The van der Waals surface area contributed by atoms with Gasteiger partial charge < -0.3 is 9.64 Å². The highest BCUT2D eigenvalue weighted by Gasteiger charge is 2.39. The van der Waals surface area contributed by atoms with Crippen molar-refractivity contribution in [3.8, 4) is 11.4 Å². The topological polar surface area (TPSA) is 81.5 Å². The predicted octanol–water partition coefficient (Wildman–Crippen LogP) is 3.80. The van der Waals surface area contributed by atoms with Gasteiger partial charge in [0, 0.05) is 31.3 Å². The molecule has 1 unspecified atom stereocenters. The number of nitrogens with zero attached hydrogens (tertiary/aromatic N) is 3. The number of benzene rings is 2. The van der Waals surface area contributed by atoms with Crippen LogP contribution in [0.25, 0.3) is 5.69 Å². The molecule has 0 aliphatic carbocycles. The van der Waals surface area contributed by atoms with Crippen molar-refractivity contribution < 1.29 is 31.1 Å². The first-order chi connectivity index (χ1) is 15.9. The summed E-state index contributed by atoms with van der Waals surface area (Å²) >= 11 is 0. The number of sulfone groups is 1. The van der Waals surface area contributed by atoms with Crippen LogP contribution < -0.4 is 4.74 Å². The number of hydrogen-bond acceptors (Lipinski definition) is 5. The van der Waals surface area contributed by atoms with E-state index in [4.69, 9.17) is 4.74 Å². The molecule has 0 N–H and O–H groups in total. The van der Waals surface area contributed by atoms with Crippen LogP contribution in [-0.4, -0.2) is 54.1 Å². The molecule has 0 radical (unpaired) electrons. The first-order valence-corrected chi connectivity index (χ1v) is 12.3. The highest BCUT2D eigenvalue weighted by molar-refractivity contribution is 7.90. The Bertz CT molecular complexity index is 1320. The number of aromatic nitrogens is 2. The number of carbonyl (C=O) groups excluding carboxylic acids is 1. The third-order valence-electron chi connectivity index (χ3n) is 5.60. The van der Waals surface area contributed by atoms with Crippen LogP contribution >= 0.6 is 0 Å². The van der Waals surface area contributed by atoms with Gasteiger partial charge in [0.2, 0.25) is 0 Å². The molecule has 1 amide bonds. The molecule has 1 aromatic heterocycles. The predicted molar refractivity (Wildman–Crippen MR) is 118 cm³/mol. The fourth-order valence-electron chi connectivity index (χ4n) is 3.73. The van der Waals surface area contributed by atoms with Crippen molar-refractivity contribution in [3.05, 3.63) is 71.5 Å². The van der Waals surface area contributed by atoms with E-state index in [0.717, 1.165) is 48.3 Å². The lowest BCUT2D eigenvalue weighted by atomic mass is 10.1.